The number of aromatic nitrogens is 2. The Balaban J connectivity index is 2.61. The van der Waals surface area contributed by atoms with Gasteiger partial charge in [0.2, 0.25) is 5.88 Å². The van der Waals surface area contributed by atoms with Crippen molar-refractivity contribution in [2.75, 3.05) is 0 Å². The predicted octanol–water partition coefficient (Wildman–Crippen LogP) is 1.45. The number of aldehydes is 1. The Morgan fingerprint density at radius 2 is 1.94 bits per heavy atom. The molecule has 0 aliphatic heterocycles. The van der Waals surface area contributed by atoms with E-state index in [1.807, 2.05) is 0 Å². The average Bonchev–Trinajstić information content (AvgIpc) is 2.55. The number of aromatic hydroxyl groups is 1. The normalized spacial score (nSPS) is 10.3. The van der Waals surface area contributed by atoms with Crippen LogP contribution in [0.5, 0.6) is 5.88 Å². The number of carbonyl (C=O) groups excluding carboxylic acids is 1. The molecule has 2 rings (SSSR count). The van der Waals surface area contributed by atoms with Gasteiger partial charge in [-0.3, -0.25) is 14.7 Å². The quantitative estimate of drug-likeness (QED) is 0.819. The Morgan fingerprint density at radius 1 is 1.31 bits per heavy atom. The number of nitrogens with zero attached hydrogens (tertiary/aromatic N) is 1. The van der Waals surface area contributed by atoms with Crippen molar-refractivity contribution in [2.45, 2.75) is 0 Å². The molecule has 0 aliphatic rings. The lowest BCUT2D eigenvalue weighted by atomic mass is 10.3. The Morgan fingerprint density at radius 3 is 2.44 bits per heavy atom. The number of H-pyrrole nitrogens is 1. The molecule has 6 heteroatoms. The maximum Gasteiger partial charge on any atom is 0.279 e. The van der Waals surface area contributed by atoms with Gasteiger partial charge in [-0.1, -0.05) is 15.9 Å². The zero-order valence-corrected chi connectivity index (χ0v) is 9.56. The Bertz CT molecular complexity index is 583. The van der Waals surface area contributed by atoms with E-state index >= 15 is 0 Å². The van der Waals surface area contributed by atoms with E-state index in [-0.39, 0.29) is 11.4 Å². The molecule has 0 saturated heterocycles. The molecule has 0 bridgehead atoms. The van der Waals surface area contributed by atoms with E-state index in [1.54, 1.807) is 24.3 Å². The van der Waals surface area contributed by atoms with Gasteiger partial charge < -0.3 is 5.11 Å². The first-order chi connectivity index (χ1) is 7.63. The van der Waals surface area contributed by atoms with Gasteiger partial charge in [-0.05, 0) is 24.3 Å². The fourth-order valence-corrected chi connectivity index (χ4v) is 1.58. The minimum atomic E-state index is -0.615. The first kappa shape index (κ1) is 10.7. The van der Waals surface area contributed by atoms with Gasteiger partial charge in [0.05, 0.1) is 5.69 Å². The fourth-order valence-electron chi connectivity index (χ4n) is 1.32. The topological polar surface area (TPSA) is 75.1 Å². The van der Waals surface area contributed by atoms with Crippen LogP contribution in [0.25, 0.3) is 5.69 Å². The molecule has 16 heavy (non-hydrogen) atoms. The summed E-state index contributed by atoms with van der Waals surface area (Å²) in [6.07, 6.45) is 0.323. The van der Waals surface area contributed by atoms with E-state index in [2.05, 4.69) is 21.0 Å². The molecule has 0 amide bonds. The summed E-state index contributed by atoms with van der Waals surface area (Å²) < 4.78 is 2.03. The number of nitrogens with one attached hydrogen (secondary N) is 1. The van der Waals surface area contributed by atoms with Crippen LogP contribution in [0, 0.1) is 0 Å². The number of carbonyl (C=O) groups is 1. The lowest BCUT2D eigenvalue weighted by Gasteiger charge is -2.03. The van der Waals surface area contributed by atoms with Crippen molar-refractivity contribution in [3.05, 3.63) is 44.7 Å². The monoisotopic (exact) mass is 282 g/mol. The molecule has 0 unspecified atom stereocenters. The van der Waals surface area contributed by atoms with Crippen LogP contribution < -0.4 is 5.56 Å². The smallest absolute Gasteiger partial charge is 0.279 e. The van der Waals surface area contributed by atoms with Gasteiger partial charge in [0.15, 0.2) is 6.29 Å². The summed E-state index contributed by atoms with van der Waals surface area (Å²) in [5.41, 5.74) is -0.329. The van der Waals surface area contributed by atoms with Crippen LogP contribution in [0.2, 0.25) is 0 Å². The second kappa shape index (κ2) is 3.97. The van der Waals surface area contributed by atoms with Gasteiger partial charge in [0.25, 0.3) is 5.56 Å². The highest BCUT2D eigenvalue weighted by Crippen LogP contribution is 2.18. The van der Waals surface area contributed by atoms with Crippen LogP contribution in [-0.4, -0.2) is 21.2 Å². The van der Waals surface area contributed by atoms with Gasteiger partial charge in [-0.25, -0.2) is 4.68 Å². The second-order valence-electron chi connectivity index (χ2n) is 3.11. The van der Waals surface area contributed by atoms with Crippen LogP contribution in [0.15, 0.2) is 33.5 Å². The molecule has 0 saturated carbocycles. The summed E-state index contributed by atoms with van der Waals surface area (Å²) in [6, 6.07) is 6.89. The SMILES string of the molecule is O=Cc1c(O)n(-c2ccc(Br)cc2)[nH]c1=O. The third-order valence-corrected chi connectivity index (χ3v) is 2.64. The van der Waals surface area contributed by atoms with Crippen LogP contribution in [0.3, 0.4) is 0 Å². The van der Waals surface area contributed by atoms with Gasteiger partial charge in [-0.2, -0.15) is 0 Å². The van der Waals surface area contributed by atoms with E-state index in [0.717, 1.165) is 9.15 Å². The largest absolute Gasteiger partial charge is 0.493 e. The van der Waals surface area contributed by atoms with Crippen LogP contribution in [0.4, 0.5) is 0 Å². The highest BCUT2D eigenvalue weighted by atomic mass is 79.9. The summed E-state index contributed by atoms with van der Waals surface area (Å²) in [5.74, 6) is -0.387. The van der Waals surface area contributed by atoms with E-state index < -0.39 is 5.56 Å². The molecule has 82 valence electrons. The van der Waals surface area contributed by atoms with E-state index in [0.29, 0.717) is 12.0 Å². The molecular weight excluding hydrogens is 276 g/mol. The minimum absolute atomic E-state index is 0.275. The third-order valence-electron chi connectivity index (χ3n) is 2.11. The van der Waals surface area contributed by atoms with Crippen LogP contribution in [-0.2, 0) is 0 Å². The van der Waals surface area contributed by atoms with Gasteiger partial charge in [-0.15, -0.1) is 0 Å². The predicted molar refractivity (Wildman–Crippen MR) is 61.1 cm³/mol. The molecule has 0 radical (unpaired) electrons. The molecule has 2 aromatic rings. The highest BCUT2D eigenvalue weighted by molar-refractivity contribution is 9.10. The summed E-state index contributed by atoms with van der Waals surface area (Å²) in [6.45, 7) is 0. The van der Waals surface area contributed by atoms with Crippen molar-refractivity contribution >= 4 is 22.2 Å². The van der Waals surface area contributed by atoms with Crippen molar-refractivity contribution in [3.63, 3.8) is 0 Å². The molecule has 0 spiro atoms. The molecular formula is C10H7BrN2O3. The first-order valence-corrected chi connectivity index (χ1v) is 5.18. The Labute approximate surface area is 98.4 Å². The average molecular weight is 283 g/mol. The van der Waals surface area contributed by atoms with Gasteiger partial charge >= 0.3 is 0 Å². The van der Waals surface area contributed by atoms with Crippen molar-refractivity contribution in [3.8, 4) is 11.6 Å². The first-order valence-electron chi connectivity index (χ1n) is 4.38. The van der Waals surface area contributed by atoms with Crippen molar-refractivity contribution in [1.29, 1.82) is 0 Å². The third kappa shape index (κ3) is 1.67. The number of halogens is 1. The van der Waals surface area contributed by atoms with Gasteiger partial charge in [0, 0.05) is 4.47 Å². The summed E-state index contributed by atoms with van der Waals surface area (Å²) in [5, 5.41) is 12.0. The summed E-state index contributed by atoms with van der Waals surface area (Å²) in [7, 11) is 0. The lowest BCUT2D eigenvalue weighted by molar-refractivity contribution is 0.112. The molecule has 0 aliphatic carbocycles. The molecule has 5 nitrogen and oxygen atoms in total. The van der Waals surface area contributed by atoms with E-state index in [1.165, 1.54) is 0 Å². The minimum Gasteiger partial charge on any atom is -0.493 e. The molecule has 1 aromatic carbocycles. The number of hydrogen-bond donors (Lipinski definition) is 2. The zero-order valence-electron chi connectivity index (χ0n) is 7.98. The second-order valence-corrected chi connectivity index (χ2v) is 4.02. The Hall–Kier alpha value is -1.82. The Kier molecular flexibility index (Phi) is 2.66. The zero-order chi connectivity index (χ0) is 11.7. The lowest BCUT2D eigenvalue weighted by Crippen LogP contribution is -2.06. The number of rotatable bonds is 2. The van der Waals surface area contributed by atoms with Crippen molar-refractivity contribution in [2.24, 2.45) is 0 Å². The molecule has 2 N–H and O–H groups in total. The summed E-state index contributed by atoms with van der Waals surface area (Å²) in [4.78, 5) is 21.8. The van der Waals surface area contributed by atoms with E-state index in [4.69, 9.17) is 0 Å². The number of benzene rings is 1. The summed E-state index contributed by atoms with van der Waals surface area (Å²) >= 11 is 3.27. The number of hydrogen-bond acceptors (Lipinski definition) is 3. The van der Waals surface area contributed by atoms with Crippen molar-refractivity contribution in [1.82, 2.24) is 9.78 Å². The van der Waals surface area contributed by atoms with Gasteiger partial charge in [0.1, 0.15) is 5.56 Å². The van der Waals surface area contributed by atoms with Crippen molar-refractivity contribution < 1.29 is 9.90 Å². The number of aromatic amines is 1. The maximum atomic E-state index is 11.3. The highest BCUT2D eigenvalue weighted by Gasteiger charge is 2.13. The fraction of sp³-hybridized carbons (Fsp3) is 0. The molecule has 0 fully saturated rings. The maximum absolute atomic E-state index is 11.3. The molecule has 0 atom stereocenters. The van der Waals surface area contributed by atoms with Crippen LogP contribution in [0.1, 0.15) is 10.4 Å². The molecule has 1 heterocycles. The standard InChI is InChI=1S/C10H7BrN2O3/c11-6-1-3-7(4-2-6)13-10(16)8(5-14)9(15)12-13/h1-5,16H,(H,12,15). The van der Waals surface area contributed by atoms with E-state index in [9.17, 15) is 14.7 Å². The van der Waals surface area contributed by atoms with Crippen LogP contribution >= 0.6 is 15.9 Å². The molecule has 1 aromatic heterocycles.